The molecular formula is C31H38N2O3. The van der Waals surface area contributed by atoms with Gasteiger partial charge in [-0.05, 0) is 47.2 Å². The lowest BCUT2D eigenvalue weighted by molar-refractivity contribution is 0.0285. The second kappa shape index (κ2) is 12.0. The van der Waals surface area contributed by atoms with E-state index in [1.807, 2.05) is 24.3 Å². The van der Waals surface area contributed by atoms with Crippen molar-refractivity contribution >= 4 is 0 Å². The van der Waals surface area contributed by atoms with Gasteiger partial charge in [0.2, 0.25) is 0 Å². The maximum absolute atomic E-state index is 11.0. The first kappa shape index (κ1) is 25.0. The number of hydrogen-bond acceptors (Lipinski definition) is 5. The second-order valence-corrected chi connectivity index (χ2v) is 10.0. The number of methoxy groups -OCH3 is 1. The summed E-state index contributed by atoms with van der Waals surface area (Å²) < 4.78 is 11.8. The molecule has 190 valence electrons. The number of aliphatic hydroxyl groups is 1. The van der Waals surface area contributed by atoms with Crippen molar-refractivity contribution in [3.63, 3.8) is 0 Å². The third kappa shape index (κ3) is 5.98. The molecule has 0 aromatic heterocycles. The zero-order chi connectivity index (χ0) is 24.7. The van der Waals surface area contributed by atoms with Crippen LogP contribution in [0.4, 0.5) is 0 Å². The number of aryl methyl sites for hydroxylation is 1. The molecule has 1 N–H and O–H groups in total. The van der Waals surface area contributed by atoms with Gasteiger partial charge in [-0.3, -0.25) is 4.90 Å². The Kier molecular flexibility index (Phi) is 8.34. The fourth-order valence-corrected chi connectivity index (χ4v) is 5.63. The summed E-state index contributed by atoms with van der Waals surface area (Å²) in [5, 5.41) is 11.0. The highest BCUT2D eigenvalue weighted by Crippen LogP contribution is 2.36. The van der Waals surface area contributed by atoms with Gasteiger partial charge in [-0.15, -0.1) is 0 Å². The van der Waals surface area contributed by atoms with Crippen LogP contribution in [0.5, 0.6) is 5.75 Å². The lowest BCUT2D eigenvalue weighted by Gasteiger charge is -2.39. The van der Waals surface area contributed by atoms with Crippen molar-refractivity contribution in [1.29, 1.82) is 0 Å². The van der Waals surface area contributed by atoms with Crippen molar-refractivity contribution in [3.8, 4) is 5.75 Å². The summed E-state index contributed by atoms with van der Waals surface area (Å²) in [5.41, 5.74) is 4.70. The van der Waals surface area contributed by atoms with E-state index in [0.29, 0.717) is 12.5 Å². The number of rotatable bonds is 9. The van der Waals surface area contributed by atoms with Crippen molar-refractivity contribution in [1.82, 2.24) is 9.80 Å². The molecule has 0 amide bonds. The molecule has 0 bridgehead atoms. The number of nitrogens with zero attached hydrogens (tertiary/aromatic N) is 2. The molecule has 2 atom stereocenters. The molecule has 5 heteroatoms. The molecule has 5 nitrogen and oxygen atoms in total. The molecule has 1 heterocycles. The molecule has 1 aliphatic heterocycles. The highest BCUT2D eigenvalue weighted by molar-refractivity contribution is 5.39. The summed E-state index contributed by atoms with van der Waals surface area (Å²) >= 11 is 0. The number of ether oxygens (including phenoxy) is 2. The highest BCUT2D eigenvalue weighted by Gasteiger charge is 2.30. The van der Waals surface area contributed by atoms with Gasteiger partial charge >= 0.3 is 0 Å². The molecule has 36 heavy (non-hydrogen) atoms. The largest absolute Gasteiger partial charge is 0.497 e. The topological polar surface area (TPSA) is 45.2 Å². The normalized spacial score (nSPS) is 20.9. The fourth-order valence-electron chi connectivity index (χ4n) is 5.63. The van der Waals surface area contributed by atoms with Gasteiger partial charge in [-0.1, -0.05) is 66.7 Å². The first-order valence-electron chi connectivity index (χ1n) is 13.2. The zero-order valence-electron chi connectivity index (χ0n) is 21.3. The molecule has 3 aromatic carbocycles. The third-order valence-electron chi connectivity index (χ3n) is 7.75. The van der Waals surface area contributed by atoms with Crippen LogP contribution in [0.3, 0.4) is 0 Å². The Balaban J connectivity index is 1.09. The molecule has 1 fully saturated rings. The smallest absolute Gasteiger partial charge is 0.119 e. The van der Waals surface area contributed by atoms with Crippen molar-refractivity contribution in [2.24, 2.45) is 5.92 Å². The summed E-state index contributed by atoms with van der Waals surface area (Å²) in [6.07, 6.45) is 1.61. The van der Waals surface area contributed by atoms with E-state index >= 15 is 0 Å². The molecule has 0 spiro atoms. The Morgan fingerprint density at radius 3 is 2.14 bits per heavy atom. The quantitative estimate of drug-likeness (QED) is 0.474. The Morgan fingerprint density at radius 2 is 1.50 bits per heavy atom. The highest BCUT2D eigenvalue weighted by atomic mass is 16.5. The lowest BCUT2D eigenvalue weighted by atomic mass is 9.81. The summed E-state index contributed by atoms with van der Waals surface area (Å²) in [6.45, 7) is 6.77. The molecule has 0 unspecified atom stereocenters. The Hall–Kier alpha value is -2.70. The lowest BCUT2D eigenvalue weighted by Crippen LogP contribution is -2.49. The van der Waals surface area contributed by atoms with E-state index in [2.05, 4.69) is 64.4 Å². The average molecular weight is 487 g/mol. The van der Waals surface area contributed by atoms with Crippen molar-refractivity contribution in [3.05, 3.63) is 101 Å². The van der Waals surface area contributed by atoms with Gasteiger partial charge in [0.05, 0.1) is 19.8 Å². The van der Waals surface area contributed by atoms with Crippen molar-refractivity contribution in [2.75, 3.05) is 53.0 Å². The average Bonchev–Trinajstić information content (AvgIpc) is 2.94. The van der Waals surface area contributed by atoms with Crippen LogP contribution in [0, 0.1) is 5.92 Å². The van der Waals surface area contributed by atoms with Gasteiger partial charge in [0.1, 0.15) is 11.9 Å². The van der Waals surface area contributed by atoms with E-state index in [4.69, 9.17) is 9.47 Å². The number of aliphatic hydroxyl groups excluding tert-OH is 1. The van der Waals surface area contributed by atoms with Crippen LogP contribution in [0.1, 0.15) is 40.9 Å². The standard InChI is InChI=1S/C31H38N2O3/c1-35-28-14-15-29-26(22-28)12-13-27(30(29)34)23-33-18-16-32(17-19-33)20-21-36-31(24-8-4-2-5-9-24)25-10-6-3-7-11-25/h2-11,14-15,22,27,30-31,34H,12-13,16-21,23H2,1H3/t27-,30-/m0/s1. The molecule has 5 rings (SSSR count). The molecular weight excluding hydrogens is 448 g/mol. The SMILES string of the molecule is COc1ccc2c(c1)CC[C@@H](CN1CCN(CCOC(c3ccccc3)c3ccccc3)CC1)[C@@H]2O. The van der Waals surface area contributed by atoms with E-state index < -0.39 is 0 Å². The maximum atomic E-state index is 11.0. The van der Waals surface area contributed by atoms with Crippen molar-refractivity contribution < 1.29 is 14.6 Å². The van der Waals surface area contributed by atoms with E-state index in [1.54, 1.807) is 7.11 Å². The summed E-state index contributed by atoms with van der Waals surface area (Å²) in [7, 11) is 1.69. The van der Waals surface area contributed by atoms with Crippen LogP contribution in [-0.2, 0) is 11.2 Å². The predicted octanol–water partition coefficient (Wildman–Crippen LogP) is 4.71. The first-order valence-corrected chi connectivity index (χ1v) is 13.2. The molecule has 0 saturated carbocycles. The van der Waals surface area contributed by atoms with Gasteiger partial charge < -0.3 is 19.5 Å². The van der Waals surface area contributed by atoms with Gasteiger partial charge in [-0.25, -0.2) is 0 Å². The van der Waals surface area contributed by atoms with Crippen molar-refractivity contribution in [2.45, 2.75) is 25.0 Å². The second-order valence-electron chi connectivity index (χ2n) is 10.0. The number of hydrogen-bond donors (Lipinski definition) is 1. The number of benzene rings is 3. The number of fused-ring (bicyclic) bond motifs is 1. The molecule has 3 aromatic rings. The Bertz CT molecular complexity index is 1040. The van der Waals surface area contributed by atoms with E-state index in [1.165, 1.54) is 16.7 Å². The van der Waals surface area contributed by atoms with Crippen LogP contribution >= 0.6 is 0 Å². The molecule has 2 aliphatic rings. The zero-order valence-corrected chi connectivity index (χ0v) is 21.3. The van der Waals surface area contributed by atoms with Crippen LogP contribution in [0.25, 0.3) is 0 Å². The van der Waals surface area contributed by atoms with Gasteiger partial charge in [0, 0.05) is 45.2 Å². The number of piperazine rings is 1. The predicted molar refractivity (Wildman–Crippen MR) is 143 cm³/mol. The summed E-state index contributed by atoms with van der Waals surface area (Å²) in [5.74, 6) is 1.16. The van der Waals surface area contributed by atoms with E-state index in [9.17, 15) is 5.11 Å². The Morgan fingerprint density at radius 1 is 0.861 bits per heavy atom. The minimum Gasteiger partial charge on any atom is -0.497 e. The minimum absolute atomic E-state index is 0.0377. The van der Waals surface area contributed by atoms with E-state index in [-0.39, 0.29) is 12.2 Å². The molecule has 0 radical (unpaired) electrons. The van der Waals surface area contributed by atoms with Crippen LogP contribution in [0.15, 0.2) is 78.9 Å². The fraction of sp³-hybridized carbons (Fsp3) is 0.419. The van der Waals surface area contributed by atoms with Gasteiger partial charge in [0.15, 0.2) is 0 Å². The minimum atomic E-state index is -0.390. The summed E-state index contributed by atoms with van der Waals surface area (Å²) in [4.78, 5) is 5.03. The van der Waals surface area contributed by atoms with Crippen LogP contribution in [-0.4, -0.2) is 67.9 Å². The molecule has 1 aliphatic carbocycles. The third-order valence-corrected chi connectivity index (χ3v) is 7.75. The van der Waals surface area contributed by atoms with E-state index in [0.717, 1.165) is 63.4 Å². The van der Waals surface area contributed by atoms with Gasteiger partial charge in [-0.2, -0.15) is 0 Å². The summed E-state index contributed by atoms with van der Waals surface area (Å²) in [6, 6.07) is 27.1. The van der Waals surface area contributed by atoms with Gasteiger partial charge in [0.25, 0.3) is 0 Å². The van der Waals surface area contributed by atoms with Crippen LogP contribution < -0.4 is 4.74 Å². The molecule has 1 saturated heterocycles. The first-order chi connectivity index (χ1) is 17.7. The monoisotopic (exact) mass is 486 g/mol. The maximum Gasteiger partial charge on any atom is 0.119 e. The van der Waals surface area contributed by atoms with Crippen LogP contribution in [0.2, 0.25) is 0 Å². The Labute approximate surface area is 215 Å².